The molecule has 1 amide bonds. The monoisotopic (exact) mass is 340 g/mol. The molecule has 0 aromatic carbocycles. The van der Waals surface area contributed by atoms with E-state index in [-0.39, 0.29) is 18.7 Å². The number of rotatable bonds is 3. The van der Waals surface area contributed by atoms with Crippen LogP contribution >= 0.6 is 0 Å². The molecule has 1 aromatic rings. The Morgan fingerprint density at radius 2 is 2.00 bits per heavy atom. The lowest BCUT2D eigenvalue weighted by molar-refractivity contribution is -0.0487. The Morgan fingerprint density at radius 3 is 2.67 bits per heavy atom. The highest BCUT2D eigenvalue weighted by atomic mass is 19.3. The van der Waals surface area contributed by atoms with Crippen molar-refractivity contribution < 1.29 is 13.6 Å². The van der Waals surface area contributed by atoms with Gasteiger partial charge in [0.15, 0.2) is 0 Å². The fourth-order valence-corrected chi connectivity index (χ4v) is 3.75. The zero-order valence-electron chi connectivity index (χ0n) is 14.3. The SMILES string of the molecule is Cn1nccc1C(=O)N1CCCN(CC2CCC(F)(F)CC2)CC1. The van der Waals surface area contributed by atoms with Crippen molar-refractivity contribution >= 4 is 5.91 Å². The van der Waals surface area contributed by atoms with Crippen molar-refractivity contribution in [3.05, 3.63) is 18.0 Å². The van der Waals surface area contributed by atoms with E-state index in [4.69, 9.17) is 0 Å². The van der Waals surface area contributed by atoms with Crippen LogP contribution in [0, 0.1) is 5.92 Å². The van der Waals surface area contributed by atoms with Crippen LogP contribution < -0.4 is 0 Å². The van der Waals surface area contributed by atoms with Crippen LogP contribution in [-0.2, 0) is 7.05 Å². The topological polar surface area (TPSA) is 41.4 Å². The lowest BCUT2D eigenvalue weighted by atomic mass is 9.86. The maximum absolute atomic E-state index is 13.3. The van der Waals surface area contributed by atoms with Crippen LogP contribution in [0.2, 0.25) is 0 Å². The Hall–Kier alpha value is -1.50. The molecule has 0 unspecified atom stereocenters. The van der Waals surface area contributed by atoms with E-state index < -0.39 is 5.92 Å². The van der Waals surface area contributed by atoms with Crippen LogP contribution in [0.5, 0.6) is 0 Å². The molecule has 1 saturated heterocycles. The zero-order chi connectivity index (χ0) is 17.2. The molecule has 0 bridgehead atoms. The second-order valence-corrected chi connectivity index (χ2v) is 7.09. The van der Waals surface area contributed by atoms with Gasteiger partial charge in [0.1, 0.15) is 5.69 Å². The summed E-state index contributed by atoms with van der Waals surface area (Å²) in [7, 11) is 1.77. The van der Waals surface area contributed by atoms with Gasteiger partial charge in [0.05, 0.1) is 0 Å². The number of aryl methyl sites for hydroxylation is 1. The molecule has 5 nitrogen and oxygen atoms in total. The van der Waals surface area contributed by atoms with Crippen LogP contribution in [0.4, 0.5) is 8.78 Å². The molecule has 1 aromatic heterocycles. The maximum Gasteiger partial charge on any atom is 0.272 e. The van der Waals surface area contributed by atoms with Crippen molar-refractivity contribution in [3.8, 4) is 0 Å². The van der Waals surface area contributed by atoms with E-state index in [1.807, 2.05) is 4.90 Å². The van der Waals surface area contributed by atoms with Crippen LogP contribution in [0.3, 0.4) is 0 Å². The van der Waals surface area contributed by atoms with E-state index in [0.717, 1.165) is 32.6 Å². The smallest absolute Gasteiger partial charge is 0.272 e. The lowest BCUT2D eigenvalue weighted by Gasteiger charge is -2.32. The van der Waals surface area contributed by atoms with Crippen LogP contribution in [0.25, 0.3) is 0 Å². The Labute approximate surface area is 141 Å². The number of carbonyl (C=O) groups excluding carboxylic acids is 1. The quantitative estimate of drug-likeness (QED) is 0.848. The Balaban J connectivity index is 1.50. The van der Waals surface area contributed by atoms with E-state index in [0.29, 0.717) is 31.0 Å². The third-order valence-corrected chi connectivity index (χ3v) is 5.27. The normalized spacial score (nSPS) is 23.2. The summed E-state index contributed by atoms with van der Waals surface area (Å²) >= 11 is 0. The summed E-state index contributed by atoms with van der Waals surface area (Å²) < 4.78 is 28.1. The van der Waals surface area contributed by atoms with Crippen molar-refractivity contribution in [3.63, 3.8) is 0 Å². The average molecular weight is 340 g/mol. The fraction of sp³-hybridized carbons (Fsp3) is 0.765. The highest BCUT2D eigenvalue weighted by Crippen LogP contribution is 2.36. The summed E-state index contributed by atoms with van der Waals surface area (Å²) in [5.41, 5.74) is 0.609. The molecule has 24 heavy (non-hydrogen) atoms. The molecule has 1 saturated carbocycles. The number of nitrogens with zero attached hydrogens (tertiary/aromatic N) is 4. The largest absolute Gasteiger partial charge is 0.336 e. The number of alkyl halides is 2. The number of hydrogen-bond donors (Lipinski definition) is 0. The zero-order valence-corrected chi connectivity index (χ0v) is 14.3. The third kappa shape index (κ3) is 4.12. The Kier molecular flexibility index (Phi) is 5.18. The van der Waals surface area contributed by atoms with Gasteiger partial charge in [0.25, 0.3) is 5.91 Å². The van der Waals surface area contributed by atoms with Crippen molar-refractivity contribution in [2.24, 2.45) is 13.0 Å². The number of halogens is 2. The first-order valence-electron chi connectivity index (χ1n) is 8.82. The van der Waals surface area contributed by atoms with Gasteiger partial charge in [-0.2, -0.15) is 5.10 Å². The number of hydrogen-bond acceptors (Lipinski definition) is 3. The van der Waals surface area contributed by atoms with Crippen molar-refractivity contribution in [2.75, 3.05) is 32.7 Å². The minimum absolute atomic E-state index is 0.0224. The Bertz CT molecular complexity index is 565. The van der Waals surface area contributed by atoms with Gasteiger partial charge in [-0.25, -0.2) is 8.78 Å². The fourth-order valence-electron chi connectivity index (χ4n) is 3.75. The predicted octanol–water partition coefficient (Wildman–Crippen LogP) is 2.39. The van der Waals surface area contributed by atoms with Gasteiger partial charge in [-0.3, -0.25) is 9.48 Å². The summed E-state index contributed by atoms with van der Waals surface area (Å²) in [6.07, 6.45) is 3.83. The van der Waals surface area contributed by atoms with Gasteiger partial charge in [-0.05, 0) is 37.8 Å². The van der Waals surface area contributed by atoms with E-state index in [1.165, 1.54) is 0 Å². The highest BCUT2D eigenvalue weighted by molar-refractivity contribution is 5.92. The second kappa shape index (κ2) is 7.17. The van der Waals surface area contributed by atoms with Crippen LogP contribution in [0.15, 0.2) is 12.3 Å². The van der Waals surface area contributed by atoms with Crippen molar-refractivity contribution in [1.82, 2.24) is 19.6 Å². The molecule has 0 N–H and O–H groups in total. The summed E-state index contributed by atoms with van der Waals surface area (Å²) in [4.78, 5) is 16.8. The Morgan fingerprint density at radius 1 is 1.25 bits per heavy atom. The summed E-state index contributed by atoms with van der Waals surface area (Å²) in [6.45, 7) is 4.05. The average Bonchev–Trinajstić information content (AvgIpc) is 2.83. The second-order valence-electron chi connectivity index (χ2n) is 7.09. The summed E-state index contributed by atoms with van der Waals surface area (Å²) in [5, 5.41) is 4.06. The van der Waals surface area contributed by atoms with E-state index in [9.17, 15) is 13.6 Å². The van der Waals surface area contributed by atoms with E-state index in [2.05, 4.69) is 10.00 Å². The van der Waals surface area contributed by atoms with Gasteiger partial charge in [0.2, 0.25) is 5.92 Å². The molecular weight excluding hydrogens is 314 g/mol. The van der Waals surface area contributed by atoms with Gasteiger partial charge < -0.3 is 9.80 Å². The molecule has 2 aliphatic rings. The first-order chi connectivity index (χ1) is 11.4. The minimum Gasteiger partial charge on any atom is -0.336 e. The molecule has 1 aliphatic heterocycles. The summed E-state index contributed by atoms with van der Waals surface area (Å²) in [6, 6.07) is 1.74. The van der Waals surface area contributed by atoms with Crippen LogP contribution in [0.1, 0.15) is 42.6 Å². The molecular formula is C17H26F2N4O. The molecule has 1 aliphatic carbocycles. The molecule has 0 radical (unpaired) electrons. The molecule has 2 fully saturated rings. The standard InChI is InChI=1S/C17H26F2N4O/c1-21-15(5-8-20-21)16(24)23-10-2-9-22(11-12-23)13-14-3-6-17(18,19)7-4-14/h5,8,14H,2-4,6-7,9-13H2,1H3. The van der Waals surface area contributed by atoms with Gasteiger partial charge in [-0.1, -0.05) is 0 Å². The van der Waals surface area contributed by atoms with Gasteiger partial charge >= 0.3 is 0 Å². The lowest BCUT2D eigenvalue weighted by Crippen LogP contribution is -2.38. The van der Waals surface area contributed by atoms with Gasteiger partial charge in [0, 0.05) is 52.3 Å². The molecule has 3 rings (SSSR count). The van der Waals surface area contributed by atoms with Crippen LogP contribution in [-0.4, -0.2) is 64.1 Å². The van der Waals surface area contributed by atoms with Gasteiger partial charge in [-0.15, -0.1) is 0 Å². The number of amides is 1. The molecule has 2 heterocycles. The first kappa shape index (κ1) is 17.3. The predicted molar refractivity (Wildman–Crippen MR) is 87.1 cm³/mol. The molecule has 0 spiro atoms. The highest BCUT2D eigenvalue weighted by Gasteiger charge is 2.35. The van der Waals surface area contributed by atoms with E-state index >= 15 is 0 Å². The first-order valence-corrected chi connectivity index (χ1v) is 8.82. The van der Waals surface area contributed by atoms with Crippen molar-refractivity contribution in [1.29, 1.82) is 0 Å². The molecule has 7 heteroatoms. The van der Waals surface area contributed by atoms with Crippen molar-refractivity contribution in [2.45, 2.75) is 38.0 Å². The number of aromatic nitrogens is 2. The molecule has 0 atom stereocenters. The maximum atomic E-state index is 13.3. The molecule has 134 valence electrons. The number of carbonyl (C=O) groups is 1. The van der Waals surface area contributed by atoms with E-state index in [1.54, 1.807) is 24.0 Å². The summed E-state index contributed by atoms with van der Waals surface area (Å²) in [5.74, 6) is -2.07. The minimum atomic E-state index is -2.46. The third-order valence-electron chi connectivity index (χ3n) is 5.27.